The molecule has 150 valence electrons. The summed E-state index contributed by atoms with van der Waals surface area (Å²) in [7, 11) is 1.01. The molecule has 2 aromatic rings. The number of nitrogens with two attached hydrogens (primary N) is 2. The Kier molecular flexibility index (Phi) is 5.44. The Labute approximate surface area is 153 Å². The SMILES string of the molecule is COc1cc(-c2nc(N)nc(N)c2C#N)ccc1OC(F)(F)C(F)C(F)(F)F. The molecule has 1 unspecified atom stereocenters. The molecule has 0 amide bonds. The topological polar surface area (TPSA) is 120 Å². The molecule has 0 fully saturated rings. The van der Waals surface area contributed by atoms with E-state index in [-0.39, 0.29) is 28.6 Å². The normalized spacial score (nSPS) is 12.9. The number of hydrogen-bond donors (Lipinski definition) is 2. The van der Waals surface area contributed by atoms with Crippen LogP contribution in [0.25, 0.3) is 11.3 Å². The van der Waals surface area contributed by atoms with E-state index < -0.39 is 30.0 Å². The largest absolute Gasteiger partial charge is 0.493 e. The average Bonchev–Trinajstić information content (AvgIpc) is 2.59. The van der Waals surface area contributed by atoms with Crippen molar-refractivity contribution in [1.82, 2.24) is 9.97 Å². The number of aromatic nitrogens is 2. The lowest BCUT2D eigenvalue weighted by Gasteiger charge is -2.24. The summed E-state index contributed by atoms with van der Waals surface area (Å²) in [4.78, 5) is 7.43. The van der Waals surface area contributed by atoms with Crippen molar-refractivity contribution in [1.29, 1.82) is 5.26 Å². The molecular weight excluding hydrogens is 396 g/mol. The van der Waals surface area contributed by atoms with Gasteiger partial charge < -0.3 is 20.9 Å². The molecule has 0 saturated heterocycles. The number of alkyl halides is 6. The van der Waals surface area contributed by atoms with E-state index in [4.69, 9.17) is 21.5 Å². The maximum Gasteiger partial charge on any atom is 0.439 e. The number of methoxy groups -OCH3 is 1. The number of hydrogen-bond acceptors (Lipinski definition) is 7. The van der Waals surface area contributed by atoms with Gasteiger partial charge in [0.2, 0.25) is 5.95 Å². The number of ether oxygens (including phenoxy) is 2. The summed E-state index contributed by atoms with van der Waals surface area (Å²) < 4.78 is 85.4. The van der Waals surface area contributed by atoms with Gasteiger partial charge in [0.1, 0.15) is 17.5 Å². The minimum absolute atomic E-state index is 0.0808. The molecule has 7 nitrogen and oxygen atoms in total. The van der Waals surface area contributed by atoms with Crippen LogP contribution in [0.15, 0.2) is 18.2 Å². The van der Waals surface area contributed by atoms with Gasteiger partial charge in [-0.1, -0.05) is 0 Å². The molecule has 1 aromatic carbocycles. The lowest BCUT2D eigenvalue weighted by molar-refractivity contribution is -0.305. The van der Waals surface area contributed by atoms with Gasteiger partial charge in [0.05, 0.1) is 12.8 Å². The smallest absolute Gasteiger partial charge is 0.439 e. The van der Waals surface area contributed by atoms with Crippen molar-refractivity contribution in [3.8, 4) is 28.8 Å². The number of anilines is 2. The predicted octanol–water partition coefficient (Wildman–Crippen LogP) is 3.06. The number of halogens is 6. The summed E-state index contributed by atoms with van der Waals surface area (Å²) in [6, 6.07) is 4.62. The van der Waals surface area contributed by atoms with Gasteiger partial charge in [-0.15, -0.1) is 0 Å². The van der Waals surface area contributed by atoms with Crippen LogP contribution in [0.2, 0.25) is 0 Å². The Morgan fingerprint density at radius 2 is 1.75 bits per heavy atom. The first-order chi connectivity index (χ1) is 12.9. The van der Waals surface area contributed by atoms with Crippen LogP contribution >= 0.6 is 0 Å². The van der Waals surface area contributed by atoms with Crippen LogP contribution in [0.1, 0.15) is 5.56 Å². The third kappa shape index (κ3) is 4.11. The zero-order valence-corrected chi connectivity index (χ0v) is 13.9. The summed E-state index contributed by atoms with van der Waals surface area (Å²) in [6.45, 7) is 0. The number of nitrogens with zero attached hydrogens (tertiary/aromatic N) is 3. The van der Waals surface area contributed by atoms with Crippen molar-refractivity contribution < 1.29 is 35.8 Å². The van der Waals surface area contributed by atoms with Crippen LogP contribution in [-0.2, 0) is 0 Å². The van der Waals surface area contributed by atoms with Crippen LogP contribution in [0.4, 0.5) is 38.1 Å². The van der Waals surface area contributed by atoms with Gasteiger partial charge in [0.25, 0.3) is 6.17 Å². The highest BCUT2D eigenvalue weighted by molar-refractivity contribution is 5.74. The van der Waals surface area contributed by atoms with Gasteiger partial charge in [-0.3, -0.25) is 0 Å². The third-order valence-corrected chi connectivity index (χ3v) is 3.33. The second kappa shape index (κ2) is 7.29. The lowest BCUT2D eigenvalue weighted by Crippen LogP contribution is -2.45. The van der Waals surface area contributed by atoms with Crippen LogP contribution in [0.5, 0.6) is 11.5 Å². The molecule has 0 radical (unpaired) electrons. The van der Waals surface area contributed by atoms with Crippen molar-refractivity contribution in [2.45, 2.75) is 18.5 Å². The summed E-state index contributed by atoms with van der Waals surface area (Å²) in [5.74, 6) is -1.90. The Bertz CT molecular complexity index is 928. The van der Waals surface area contributed by atoms with Gasteiger partial charge in [-0.25, -0.2) is 9.37 Å². The van der Waals surface area contributed by atoms with Crippen LogP contribution in [-0.4, -0.2) is 35.5 Å². The van der Waals surface area contributed by atoms with E-state index in [0.717, 1.165) is 25.3 Å². The van der Waals surface area contributed by atoms with Crippen molar-refractivity contribution in [3.63, 3.8) is 0 Å². The fraction of sp³-hybridized carbons (Fsp3) is 0.267. The molecule has 0 spiro atoms. The van der Waals surface area contributed by atoms with E-state index in [9.17, 15) is 26.3 Å². The van der Waals surface area contributed by atoms with E-state index in [1.165, 1.54) is 0 Å². The second-order valence-corrected chi connectivity index (χ2v) is 5.24. The van der Waals surface area contributed by atoms with Gasteiger partial charge >= 0.3 is 12.3 Å². The quantitative estimate of drug-likeness (QED) is 0.731. The first kappa shape index (κ1) is 20.9. The summed E-state index contributed by atoms with van der Waals surface area (Å²) in [5, 5.41) is 9.17. The van der Waals surface area contributed by atoms with E-state index in [1.807, 2.05) is 0 Å². The molecule has 28 heavy (non-hydrogen) atoms. The first-order valence-corrected chi connectivity index (χ1v) is 7.19. The Hall–Kier alpha value is -3.43. The van der Waals surface area contributed by atoms with Crippen molar-refractivity contribution in [2.24, 2.45) is 0 Å². The van der Waals surface area contributed by atoms with Gasteiger partial charge in [0.15, 0.2) is 11.5 Å². The second-order valence-electron chi connectivity index (χ2n) is 5.24. The van der Waals surface area contributed by atoms with Crippen LogP contribution in [0, 0.1) is 11.3 Å². The molecule has 1 heterocycles. The molecule has 1 aromatic heterocycles. The number of nitrogen functional groups attached to an aromatic ring is 2. The fourth-order valence-electron chi connectivity index (χ4n) is 2.10. The summed E-state index contributed by atoms with van der Waals surface area (Å²) >= 11 is 0. The average molecular weight is 407 g/mol. The highest BCUT2D eigenvalue weighted by Crippen LogP contribution is 2.40. The van der Waals surface area contributed by atoms with Crippen molar-refractivity contribution >= 4 is 11.8 Å². The number of nitriles is 1. The predicted molar refractivity (Wildman–Crippen MR) is 84.1 cm³/mol. The number of benzene rings is 1. The minimum atomic E-state index is -5.84. The molecular formula is C15H11F6N5O2. The van der Waals surface area contributed by atoms with Crippen molar-refractivity contribution in [3.05, 3.63) is 23.8 Å². The summed E-state index contributed by atoms with van der Waals surface area (Å²) in [6.07, 6.45) is -15.6. The van der Waals surface area contributed by atoms with E-state index in [0.29, 0.717) is 0 Å². The molecule has 4 N–H and O–H groups in total. The summed E-state index contributed by atoms with van der Waals surface area (Å²) in [5.41, 5.74) is 10.9. The van der Waals surface area contributed by atoms with Gasteiger partial charge in [-0.2, -0.15) is 32.2 Å². The van der Waals surface area contributed by atoms with Crippen molar-refractivity contribution in [2.75, 3.05) is 18.6 Å². The minimum Gasteiger partial charge on any atom is -0.493 e. The first-order valence-electron chi connectivity index (χ1n) is 7.19. The van der Waals surface area contributed by atoms with E-state index in [2.05, 4.69) is 14.7 Å². The molecule has 13 heteroatoms. The zero-order valence-electron chi connectivity index (χ0n) is 13.9. The molecule has 1 atom stereocenters. The number of rotatable bonds is 5. The lowest BCUT2D eigenvalue weighted by atomic mass is 10.1. The molecule has 0 aliphatic rings. The Morgan fingerprint density at radius 1 is 1.11 bits per heavy atom. The standard InChI is InChI=1S/C15H11F6N5O2/c1-27-9-4-6(10-7(5-22)11(23)26-13(24)25-10)2-3-8(9)28-15(20,21)12(16)14(17,18)19/h2-4,12H,1H3,(H4,23,24,25,26). The van der Waals surface area contributed by atoms with Crippen LogP contribution < -0.4 is 20.9 Å². The molecule has 2 rings (SSSR count). The highest BCUT2D eigenvalue weighted by atomic mass is 19.4. The highest BCUT2D eigenvalue weighted by Gasteiger charge is 2.59. The molecule has 0 saturated carbocycles. The zero-order chi connectivity index (χ0) is 21.3. The molecule has 0 bridgehead atoms. The maximum atomic E-state index is 13.5. The maximum absolute atomic E-state index is 13.5. The molecule has 0 aliphatic carbocycles. The Balaban J connectivity index is 2.48. The van der Waals surface area contributed by atoms with E-state index in [1.54, 1.807) is 6.07 Å². The van der Waals surface area contributed by atoms with Gasteiger partial charge in [-0.05, 0) is 18.2 Å². The third-order valence-electron chi connectivity index (χ3n) is 3.33. The molecule has 0 aliphatic heterocycles. The van der Waals surface area contributed by atoms with Gasteiger partial charge in [0, 0.05) is 5.56 Å². The van der Waals surface area contributed by atoms with E-state index >= 15 is 0 Å². The monoisotopic (exact) mass is 407 g/mol. The Morgan fingerprint density at radius 3 is 2.29 bits per heavy atom. The van der Waals surface area contributed by atoms with Crippen LogP contribution in [0.3, 0.4) is 0 Å². The fourth-order valence-corrected chi connectivity index (χ4v) is 2.10.